The topological polar surface area (TPSA) is 17.1 Å². The summed E-state index contributed by atoms with van der Waals surface area (Å²) in [6, 6.07) is 0. The molecule has 13 heavy (non-hydrogen) atoms. The lowest BCUT2D eigenvalue weighted by Crippen LogP contribution is -2.09. The molecule has 68 valence electrons. The van der Waals surface area contributed by atoms with E-state index in [1.165, 1.54) is 11.1 Å². The number of rotatable bonds is 0. The quantitative estimate of drug-likeness (QED) is 0.551. The Bertz CT molecular complexity index is 329. The summed E-state index contributed by atoms with van der Waals surface area (Å²) in [5, 5.41) is 0. The molecule has 0 spiro atoms. The van der Waals surface area contributed by atoms with Crippen LogP contribution in [0.5, 0.6) is 0 Å². The Hall–Kier alpha value is -1.11. The first-order chi connectivity index (χ1) is 6.27. The molecule has 2 rings (SSSR count). The van der Waals surface area contributed by atoms with Crippen LogP contribution in [0.1, 0.15) is 32.6 Å². The van der Waals surface area contributed by atoms with Crippen LogP contribution in [0.25, 0.3) is 0 Å². The van der Waals surface area contributed by atoms with Gasteiger partial charge in [-0.25, -0.2) is 0 Å². The fourth-order valence-electron chi connectivity index (χ4n) is 1.92. The van der Waals surface area contributed by atoms with Crippen molar-refractivity contribution < 1.29 is 4.79 Å². The maximum absolute atomic E-state index is 11.6. The fraction of sp³-hybridized carbons (Fsp3) is 0.417. The number of allylic oxidation sites excluding steroid dienone is 6. The minimum absolute atomic E-state index is 0.334. The van der Waals surface area contributed by atoms with Crippen LogP contribution >= 0.6 is 0 Å². The highest BCUT2D eigenvalue weighted by atomic mass is 16.1. The van der Waals surface area contributed by atoms with Gasteiger partial charge in [0.2, 0.25) is 0 Å². The van der Waals surface area contributed by atoms with E-state index in [2.05, 4.69) is 13.0 Å². The minimum Gasteiger partial charge on any atom is -0.294 e. The second-order valence-corrected chi connectivity index (χ2v) is 3.78. The molecule has 0 N–H and O–H groups in total. The summed E-state index contributed by atoms with van der Waals surface area (Å²) in [6.45, 7) is 2.08. The van der Waals surface area contributed by atoms with Crippen LogP contribution in [-0.4, -0.2) is 5.78 Å². The summed E-state index contributed by atoms with van der Waals surface area (Å²) in [6.07, 6.45) is 10.1. The molecule has 2 aliphatic carbocycles. The van der Waals surface area contributed by atoms with Crippen LogP contribution < -0.4 is 0 Å². The predicted octanol–water partition coefficient (Wildman–Crippen LogP) is 2.94. The molecule has 0 aliphatic heterocycles. The van der Waals surface area contributed by atoms with Crippen LogP contribution in [0.2, 0.25) is 0 Å². The smallest absolute Gasteiger partial charge is 0.162 e. The van der Waals surface area contributed by atoms with Gasteiger partial charge in [-0.1, -0.05) is 29.4 Å². The molecule has 0 aromatic heterocycles. The van der Waals surface area contributed by atoms with E-state index in [0.29, 0.717) is 5.78 Å². The van der Waals surface area contributed by atoms with Crippen molar-refractivity contribution in [2.75, 3.05) is 0 Å². The van der Waals surface area contributed by atoms with Gasteiger partial charge in [-0.15, -0.1) is 0 Å². The molecule has 2 aliphatic rings. The Kier molecular flexibility index (Phi) is 2.17. The molecular formula is C12H14O. The summed E-state index contributed by atoms with van der Waals surface area (Å²) < 4.78 is 0. The van der Waals surface area contributed by atoms with Gasteiger partial charge < -0.3 is 0 Å². The second-order valence-electron chi connectivity index (χ2n) is 3.78. The van der Waals surface area contributed by atoms with E-state index in [-0.39, 0.29) is 0 Å². The lowest BCUT2D eigenvalue weighted by Gasteiger charge is -2.14. The second kappa shape index (κ2) is 3.33. The molecule has 0 unspecified atom stereocenters. The van der Waals surface area contributed by atoms with Crippen LogP contribution in [-0.2, 0) is 4.79 Å². The lowest BCUT2D eigenvalue weighted by atomic mass is 9.89. The molecule has 0 saturated heterocycles. The van der Waals surface area contributed by atoms with Gasteiger partial charge in [-0.2, -0.15) is 0 Å². The molecule has 0 amide bonds. The van der Waals surface area contributed by atoms with Gasteiger partial charge in [0.05, 0.1) is 0 Å². The third kappa shape index (κ3) is 1.64. The third-order valence-electron chi connectivity index (χ3n) is 2.75. The number of Topliss-reactive ketones (excluding diaryl/α,β-unsaturated/α-hetero) is 1. The lowest BCUT2D eigenvalue weighted by molar-refractivity contribution is -0.115. The minimum atomic E-state index is 0.334. The van der Waals surface area contributed by atoms with Crippen molar-refractivity contribution in [2.45, 2.75) is 32.6 Å². The van der Waals surface area contributed by atoms with Gasteiger partial charge in [0.15, 0.2) is 5.78 Å². The molecule has 1 heteroatoms. The van der Waals surface area contributed by atoms with Crippen molar-refractivity contribution in [2.24, 2.45) is 0 Å². The SMILES string of the molecule is CC1=CCC2=C(C=C1)C(=O)CCC2. The zero-order valence-corrected chi connectivity index (χ0v) is 7.97. The van der Waals surface area contributed by atoms with E-state index < -0.39 is 0 Å². The fourth-order valence-corrected chi connectivity index (χ4v) is 1.92. The summed E-state index contributed by atoms with van der Waals surface area (Å²) in [4.78, 5) is 11.6. The van der Waals surface area contributed by atoms with E-state index in [9.17, 15) is 4.79 Å². The van der Waals surface area contributed by atoms with E-state index in [4.69, 9.17) is 0 Å². The molecule has 0 aromatic carbocycles. The Morgan fingerprint density at radius 3 is 2.92 bits per heavy atom. The normalized spacial score (nSPS) is 22.5. The number of carbonyl (C=O) groups excluding carboxylic acids is 1. The average Bonchev–Trinajstić information content (AvgIpc) is 2.30. The predicted molar refractivity (Wildman–Crippen MR) is 53.4 cm³/mol. The Morgan fingerprint density at radius 1 is 1.23 bits per heavy atom. The maximum Gasteiger partial charge on any atom is 0.162 e. The summed E-state index contributed by atoms with van der Waals surface area (Å²) in [5.41, 5.74) is 3.59. The van der Waals surface area contributed by atoms with E-state index in [1.807, 2.05) is 12.2 Å². The molecule has 1 nitrogen and oxygen atoms in total. The zero-order valence-electron chi connectivity index (χ0n) is 7.97. The van der Waals surface area contributed by atoms with Crippen LogP contribution in [0.3, 0.4) is 0 Å². The molecule has 0 aromatic rings. The monoisotopic (exact) mass is 174 g/mol. The Balaban J connectivity index is 2.37. The van der Waals surface area contributed by atoms with Crippen LogP contribution in [0.15, 0.2) is 34.9 Å². The van der Waals surface area contributed by atoms with Crippen molar-refractivity contribution >= 4 is 5.78 Å². The highest BCUT2D eigenvalue weighted by Crippen LogP contribution is 2.28. The summed E-state index contributed by atoms with van der Waals surface area (Å²) in [5.74, 6) is 0.334. The molecule has 0 bridgehead atoms. The number of carbonyl (C=O) groups is 1. The Morgan fingerprint density at radius 2 is 2.08 bits per heavy atom. The van der Waals surface area contributed by atoms with Crippen molar-refractivity contribution in [3.05, 3.63) is 34.9 Å². The number of ketones is 1. The standard InChI is InChI=1S/C12H14O/c1-9-5-7-10-3-2-4-12(13)11(10)8-6-9/h5-6,8H,2-4,7H2,1H3. The maximum atomic E-state index is 11.6. The first-order valence-corrected chi connectivity index (χ1v) is 4.87. The van der Waals surface area contributed by atoms with Crippen LogP contribution in [0.4, 0.5) is 0 Å². The number of hydrogen-bond acceptors (Lipinski definition) is 1. The van der Waals surface area contributed by atoms with Gasteiger partial charge >= 0.3 is 0 Å². The van der Waals surface area contributed by atoms with Gasteiger partial charge in [-0.05, 0) is 26.2 Å². The molecule has 0 atom stereocenters. The van der Waals surface area contributed by atoms with E-state index in [1.54, 1.807) is 0 Å². The highest BCUT2D eigenvalue weighted by Gasteiger charge is 2.18. The van der Waals surface area contributed by atoms with E-state index in [0.717, 1.165) is 31.3 Å². The van der Waals surface area contributed by atoms with Crippen LogP contribution in [0, 0.1) is 0 Å². The average molecular weight is 174 g/mol. The van der Waals surface area contributed by atoms with Crippen molar-refractivity contribution in [3.63, 3.8) is 0 Å². The van der Waals surface area contributed by atoms with Gasteiger partial charge in [0.25, 0.3) is 0 Å². The van der Waals surface area contributed by atoms with Gasteiger partial charge in [0, 0.05) is 12.0 Å². The molecule has 0 fully saturated rings. The Labute approximate surface area is 78.8 Å². The van der Waals surface area contributed by atoms with Crippen molar-refractivity contribution in [3.8, 4) is 0 Å². The van der Waals surface area contributed by atoms with Crippen molar-refractivity contribution in [1.29, 1.82) is 0 Å². The van der Waals surface area contributed by atoms with Gasteiger partial charge in [0.1, 0.15) is 0 Å². The first kappa shape index (κ1) is 8.49. The largest absolute Gasteiger partial charge is 0.294 e. The van der Waals surface area contributed by atoms with E-state index >= 15 is 0 Å². The molecule has 0 saturated carbocycles. The highest BCUT2D eigenvalue weighted by molar-refractivity contribution is 5.99. The summed E-state index contributed by atoms with van der Waals surface area (Å²) >= 11 is 0. The number of hydrogen-bond donors (Lipinski definition) is 0. The third-order valence-corrected chi connectivity index (χ3v) is 2.75. The zero-order chi connectivity index (χ0) is 9.26. The molecule has 0 radical (unpaired) electrons. The molecular weight excluding hydrogens is 160 g/mol. The van der Waals surface area contributed by atoms with Gasteiger partial charge in [-0.3, -0.25) is 4.79 Å². The summed E-state index contributed by atoms with van der Waals surface area (Å²) in [7, 11) is 0. The van der Waals surface area contributed by atoms with Crippen molar-refractivity contribution in [1.82, 2.24) is 0 Å². The molecule has 0 heterocycles. The first-order valence-electron chi connectivity index (χ1n) is 4.87.